The van der Waals surface area contributed by atoms with E-state index in [0.29, 0.717) is 12.8 Å². The molecule has 0 heterocycles. The average Bonchev–Trinajstić information content (AvgIpc) is 2.50. The fourth-order valence-corrected chi connectivity index (χ4v) is 2.63. The van der Waals surface area contributed by atoms with Gasteiger partial charge in [0.05, 0.1) is 5.41 Å². The van der Waals surface area contributed by atoms with Gasteiger partial charge in [-0.15, -0.1) is 0 Å². The van der Waals surface area contributed by atoms with Crippen molar-refractivity contribution in [2.75, 3.05) is 0 Å². The lowest BCUT2D eigenvalue weighted by molar-refractivity contribution is -0.156. The molecule has 0 aliphatic heterocycles. The minimum atomic E-state index is -0.594. The summed E-state index contributed by atoms with van der Waals surface area (Å²) in [5.74, 6) is -0.162. The molecule has 0 N–H and O–H groups in total. The van der Waals surface area contributed by atoms with Gasteiger partial charge in [0.2, 0.25) is 0 Å². The molecule has 0 bridgehead atoms. The van der Waals surface area contributed by atoms with E-state index >= 15 is 0 Å². The van der Waals surface area contributed by atoms with Crippen LogP contribution in [0.3, 0.4) is 0 Å². The topological polar surface area (TPSA) is 43.4 Å². The number of esters is 1. The largest absolute Gasteiger partial charge is 0.461 e. The molecule has 0 saturated heterocycles. The van der Waals surface area contributed by atoms with Crippen molar-refractivity contribution >= 4 is 12.3 Å². The van der Waals surface area contributed by atoms with Crippen molar-refractivity contribution in [1.29, 1.82) is 0 Å². The van der Waals surface area contributed by atoms with Crippen molar-refractivity contribution < 1.29 is 14.3 Å². The van der Waals surface area contributed by atoms with Crippen LogP contribution in [0.2, 0.25) is 0 Å². The SMILES string of the molecule is CCCCCCCCCCCC(=O)OC(CC)C(C)(C)C=O. The Hall–Kier alpha value is -0.860. The van der Waals surface area contributed by atoms with Crippen molar-refractivity contribution in [2.45, 2.75) is 104 Å². The van der Waals surface area contributed by atoms with Gasteiger partial charge in [-0.25, -0.2) is 0 Å². The van der Waals surface area contributed by atoms with E-state index < -0.39 is 5.41 Å². The third-order valence-corrected chi connectivity index (χ3v) is 4.26. The van der Waals surface area contributed by atoms with Crippen LogP contribution in [0.1, 0.15) is 98.3 Å². The molecule has 0 spiro atoms. The van der Waals surface area contributed by atoms with E-state index in [9.17, 15) is 9.59 Å². The van der Waals surface area contributed by atoms with E-state index in [2.05, 4.69) is 6.92 Å². The van der Waals surface area contributed by atoms with E-state index in [1.807, 2.05) is 20.8 Å². The summed E-state index contributed by atoms with van der Waals surface area (Å²) in [4.78, 5) is 22.9. The molecule has 22 heavy (non-hydrogen) atoms. The van der Waals surface area contributed by atoms with Crippen LogP contribution in [0.5, 0.6) is 0 Å². The second kappa shape index (κ2) is 12.7. The lowest BCUT2D eigenvalue weighted by Gasteiger charge is -2.27. The third-order valence-electron chi connectivity index (χ3n) is 4.26. The summed E-state index contributed by atoms with van der Waals surface area (Å²) >= 11 is 0. The molecule has 1 atom stereocenters. The highest BCUT2D eigenvalue weighted by Gasteiger charge is 2.30. The van der Waals surface area contributed by atoms with Crippen LogP contribution in [0.25, 0.3) is 0 Å². The van der Waals surface area contributed by atoms with E-state index in [4.69, 9.17) is 4.74 Å². The predicted molar refractivity (Wildman–Crippen MR) is 91.9 cm³/mol. The normalized spacial score (nSPS) is 12.9. The molecule has 0 amide bonds. The predicted octanol–water partition coefficient (Wildman–Crippen LogP) is 5.45. The molecule has 0 aromatic heterocycles. The fraction of sp³-hybridized carbons (Fsp3) is 0.895. The first-order chi connectivity index (χ1) is 10.5. The Morgan fingerprint density at radius 3 is 1.91 bits per heavy atom. The van der Waals surface area contributed by atoms with Gasteiger partial charge < -0.3 is 9.53 Å². The lowest BCUT2D eigenvalue weighted by atomic mass is 9.87. The van der Waals surface area contributed by atoms with Gasteiger partial charge >= 0.3 is 5.97 Å². The minimum absolute atomic E-state index is 0.162. The summed E-state index contributed by atoms with van der Waals surface area (Å²) in [5, 5.41) is 0. The number of hydrogen-bond donors (Lipinski definition) is 0. The highest BCUT2D eigenvalue weighted by molar-refractivity contribution is 5.70. The number of ether oxygens (including phenoxy) is 1. The molecule has 0 aromatic carbocycles. The van der Waals surface area contributed by atoms with Gasteiger partial charge in [-0.3, -0.25) is 4.79 Å². The van der Waals surface area contributed by atoms with Gasteiger partial charge in [0, 0.05) is 6.42 Å². The van der Waals surface area contributed by atoms with Crippen molar-refractivity contribution in [3.63, 3.8) is 0 Å². The van der Waals surface area contributed by atoms with Gasteiger partial charge in [-0.05, 0) is 26.7 Å². The first kappa shape index (κ1) is 21.1. The minimum Gasteiger partial charge on any atom is -0.461 e. The Kier molecular flexibility index (Phi) is 12.2. The molecule has 0 aromatic rings. The van der Waals surface area contributed by atoms with Crippen LogP contribution in [0.4, 0.5) is 0 Å². The summed E-state index contributed by atoms with van der Waals surface area (Å²) in [6.45, 7) is 7.82. The average molecular weight is 312 g/mol. The molecule has 0 rings (SSSR count). The number of hydrogen-bond acceptors (Lipinski definition) is 3. The first-order valence-corrected chi connectivity index (χ1v) is 9.13. The molecule has 130 valence electrons. The summed E-state index contributed by atoms with van der Waals surface area (Å²) in [5.41, 5.74) is -0.594. The number of carbonyl (C=O) groups is 2. The highest BCUT2D eigenvalue weighted by atomic mass is 16.5. The van der Waals surface area contributed by atoms with Gasteiger partial charge in [-0.2, -0.15) is 0 Å². The zero-order valence-electron chi connectivity index (χ0n) is 15.2. The Bertz CT molecular complexity index is 297. The molecule has 3 heteroatoms. The van der Waals surface area contributed by atoms with Crippen LogP contribution in [-0.4, -0.2) is 18.4 Å². The maximum Gasteiger partial charge on any atom is 0.306 e. The van der Waals surface area contributed by atoms with Crippen molar-refractivity contribution in [3.8, 4) is 0 Å². The summed E-state index contributed by atoms with van der Waals surface area (Å²) in [6.07, 6.45) is 12.8. The van der Waals surface area contributed by atoms with Crippen LogP contribution in [-0.2, 0) is 14.3 Å². The molecular formula is C19H36O3. The second-order valence-electron chi connectivity index (χ2n) is 6.90. The van der Waals surface area contributed by atoms with Crippen LogP contribution >= 0.6 is 0 Å². The van der Waals surface area contributed by atoms with Gasteiger partial charge in [-0.1, -0.05) is 65.2 Å². The number of rotatable bonds is 14. The van der Waals surface area contributed by atoms with Crippen LogP contribution in [0.15, 0.2) is 0 Å². The molecule has 0 fully saturated rings. The zero-order valence-corrected chi connectivity index (χ0v) is 15.2. The smallest absolute Gasteiger partial charge is 0.306 e. The van der Waals surface area contributed by atoms with Crippen molar-refractivity contribution in [1.82, 2.24) is 0 Å². The second-order valence-corrected chi connectivity index (χ2v) is 6.90. The highest BCUT2D eigenvalue weighted by Crippen LogP contribution is 2.24. The van der Waals surface area contributed by atoms with E-state index in [1.54, 1.807) is 0 Å². The first-order valence-electron chi connectivity index (χ1n) is 9.13. The Morgan fingerprint density at radius 1 is 0.955 bits per heavy atom. The van der Waals surface area contributed by atoms with Gasteiger partial charge in [0.1, 0.15) is 12.4 Å². The molecule has 0 aliphatic rings. The van der Waals surface area contributed by atoms with E-state index in [0.717, 1.165) is 19.1 Å². The monoisotopic (exact) mass is 312 g/mol. The quantitative estimate of drug-likeness (QED) is 0.243. The molecular weight excluding hydrogens is 276 g/mol. The zero-order chi connectivity index (χ0) is 16.8. The Labute approximate surface area is 137 Å². The third kappa shape index (κ3) is 9.97. The summed E-state index contributed by atoms with van der Waals surface area (Å²) in [6, 6.07) is 0. The molecule has 0 saturated carbocycles. The van der Waals surface area contributed by atoms with Gasteiger partial charge in [0.25, 0.3) is 0 Å². The number of aldehydes is 1. The van der Waals surface area contributed by atoms with Crippen molar-refractivity contribution in [3.05, 3.63) is 0 Å². The molecule has 0 aliphatic carbocycles. The van der Waals surface area contributed by atoms with Gasteiger partial charge in [0.15, 0.2) is 0 Å². The van der Waals surface area contributed by atoms with Crippen molar-refractivity contribution in [2.24, 2.45) is 5.41 Å². The van der Waals surface area contributed by atoms with Crippen LogP contribution in [0, 0.1) is 5.41 Å². The molecule has 3 nitrogen and oxygen atoms in total. The van der Waals surface area contributed by atoms with Crippen LogP contribution < -0.4 is 0 Å². The number of unbranched alkanes of at least 4 members (excludes halogenated alkanes) is 8. The van der Waals surface area contributed by atoms with E-state index in [-0.39, 0.29) is 12.1 Å². The maximum atomic E-state index is 11.8. The number of carbonyl (C=O) groups excluding carboxylic acids is 2. The maximum absolute atomic E-state index is 11.8. The summed E-state index contributed by atoms with van der Waals surface area (Å²) in [7, 11) is 0. The molecule has 0 radical (unpaired) electrons. The lowest BCUT2D eigenvalue weighted by Crippen LogP contribution is -2.34. The van der Waals surface area contributed by atoms with E-state index in [1.165, 1.54) is 44.9 Å². The Morgan fingerprint density at radius 2 is 1.45 bits per heavy atom. The fourth-order valence-electron chi connectivity index (χ4n) is 2.63. The molecule has 1 unspecified atom stereocenters. The standard InChI is InChI=1S/C19H36O3/c1-5-7-8-9-10-11-12-13-14-15-18(21)22-17(6-2)19(3,4)16-20/h16-17H,5-15H2,1-4H3. The summed E-state index contributed by atoms with van der Waals surface area (Å²) < 4.78 is 5.46. The Balaban J connectivity index is 3.67.